The van der Waals surface area contributed by atoms with Crippen molar-refractivity contribution in [3.8, 4) is 11.4 Å². The van der Waals surface area contributed by atoms with Crippen molar-refractivity contribution in [1.82, 2.24) is 14.9 Å². The van der Waals surface area contributed by atoms with Crippen molar-refractivity contribution in [3.63, 3.8) is 0 Å². The Morgan fingerprint density at radius 2 is 2.43 bits per heavy atom. The van der Waals surface area contributed by atoms with E-state index in [1.54, 1.807) is 6.20 Å². The van der Waals surface area contributed by atoms with Crippen LogP contribution < -0.4 is 0 Å². The number of aryl methyl sites for hydroxylation is 1. The summed E-state index contributed by atoms with van der Waals surface area (Å²) in [4.78, 5) is 0. The molecule has 0 aliphatic heterocycles. The van der Waals surface area contributed by atoms with Crippen molar-refractivity contribution in [1.29, 1.82) is 0 Å². The minimum absolute atomic E-state index is 0.341. The first-order chi connectivity index (χ1) is 6.85. The minimum Gasteiger partial charge on any atom is -0.359 e. The van der Waals surface area contributed by atoms with Gasteiger partial charge >= 0.3 is 0 Å². The average Bonchev–Trinajstić information content (AvgIpc) is 2.85. The molecule has 0 bridgehead atoms. The molecule has 4 nitrogen and oxygen atoms in total. The fourth-order valence-corrected chi connectivity index (χ4v) is 1.42. The SMILES string of the molecule is CCn1nccc1-c1cc(CCl)on1. The molecule has 0 spiro atoms. The molecule has 5 heteroatoms. The lowest BCUT2D eigenvalue weighted by Gasteiger charge is -1.98. The lowest BCUT2D eigenvalue weighted by atomic mass is 10.3. The van der Waals surface area contributed by atoms with Crippen molar-refractivity contribution in [2.75, 3.05) is 0 Å². The molecule has 0 aliphatic rings. The molecule has 2 rings (SSSR count). The van der Waals surface area contributed by atoms with Crippen molar-refractivity contribution in [2.24, 2.45) is 0 Å². The van der Waals surface area contributed by atoms with E-state index < -0.39 is 0 Å². The fraction of sp³-hybridized carbons (Fsp3) is 0.333. The predicted octanol–water partition coefficient (Wildman–Crippen LogP) is 2.30. The second-order valence-corrected chi connectivity index (χ2v) is 3.11. The standard InChI is InChI=1S/C9H10ClN3O/c1-2-13-9(3-4-11-13)8-5-7(6-10)14-12-8/h3-5H,2,6H2,1H3. The quantitative estimate of drug-likeness (QED) is 0.732. The number of halogens is 1. The van der Waals surface area contributed by atoms with Crippen LogP contribution in [0.1, 0.15) is 12.7 Å². The second kappa shape index (κ2) is 3.84. The number of rotatable bonds is 3. The number of alkyl halides is 1. The van der Waals surface area contributed by atoms with Crippen LogP contribution in [0, 0.1) is 0 Å². The highest BCUT2D eigenvalue weighted by Crippen LogP contribution is 2.19. The highest BCUT2D eigenvalue weighted by molar-refractivity contribution is 6.16. The Balaban J connectivity index is 2.38. The van der Waals surface area contributed by atoms with Crippen LogP contribution in [0.5, 0.6) is 0 Å². The lowest BCUT2D eigenvalue weighted by Crippen LogP contribution is -1.98. The molecule has 0 saturated carbocycles. The third-order valence-corrected chi connectivity index (χ3v) is 2.23. The Labute approximate surface area is 86.5 Å². The third kappa shape index (κ3) is 1.53. The largest absolute Gasteiger partial charge is 0.359 e. The first kappa shape index (κ1) is 9.27. The average molecular weight is 212 g/mol. The summed E-state index contributed by atoms with van der Waals surface area (Å²) in [5.41, 5.74) is 1.73. The normalized spacial score (nSPS) is 10.7. The topological polar surface area (TPSA) is 43.9 Å². The first-order valence-electron chi connectivity index (χ1n) is 4.39. The third-order valence-electron chi connectivity index (χ3n) is 1.97. The zero-order valence-corrected chi connectivity index (χ0v) is 8.53. The molecule has 0 atom stereocenters. The Kier molecular flexibility index (Phi) is 2.54. The summed E-state index contributed by atoms with van der Waals surface area (Å²) in [6.45, 7) is 2.84. The molecule has 2 heterocycles. The van der Waals surface area contributed by atoms with Gasteiger partial charge in [0.25, 0.3) is 0 Å². The summed E-state index contributed by atoms with van der Waals surface area (Å²) in [6.07, 6.45) is 1.74. The molecular weight excluding hydrogens is 202 g/mol. The second-order valence-electron chi connectivity index (χ2n) is 2.84. The van der Waals surface area contributed by atoms with Gasteiger partial charge in [-0.3, -0.25) is 4.68 Å². The summed E-state index contributed by atoms with van der Waals surface area (Å²) >= 11 is 5.62. The Morgan fingerprint density at radius 1 is 1.57 bits per heavy atom. The minimum atomic E-state index is 0.341. The van der Waals surface area contributed by atoms with Crippen molar-refractivity contribution >= 4 is 11.6 Å². The van der Waals surface area contributed by atoms with Crippen LogP contribution in [0.25, 0.3) is 11.4 Å². The van der Waals surface area contributed by atoms with E-state index in [4.69, 9.17) is 16.1 Å². The lowest BCUT2D eigenvalue weighted by molar-refractivity contribution is 0.396. The van der Waals surface area contributed by atoms with Gasteiger partial charge in [-0.1, -0.05) is 5.16 Å². The molecule has 0 N–H and O–H groups in total. The number of aromatic nitrogens is 3. The van der Waals surface area contributed by atoms with Gasteiger partial charge in [0.15, 0.2) is 5.76 Å². The fourth-order valence-electron chi connectivity index (χ4n) is 1.30. The van der Waals surface area contributed by atoms with E-state index in [2.05, 4.69) is 10.3 Å². The van der Waals surface area contributed by atoms with Gasteiger partial charge in [0.2, 0.25) is 0 Å². The molecule has 74 valence electrons. The van der Waals surface area contributed by atoms with Crippen LogP contribution in [0.2, 0.25) is 0 Å². The Hall–Kier alpha value is -1.29. The number of hydrogen-bond acceptors (Lipinski definition) is 3. The molecule has 0 saturated heterocycles. The van der Waals surface area contributed by atoms with E-state index in [0.717, 1.165) is 17.9 Å². The first-order valence-corrected chi connectivity index (χ1v) is 4.92. The summed E-state index contributed by atoms with van der Waals surface area (Å²) < 4.78 is 6.87. The van der Waals surface area contributed by atoms with Crippen LogP contribution in [-0.4, -0.2) is 14.9 Å². The van der Waals surface area contributed by atoms with Gasteiger partial charge in [0.1, 0.15) is 5.69 Å². The van der Waals surface area contributed by atoms with E-state index in [0.29, 0.717) is 11.6 Å². The zero-order chi connectivity index (χ0) is 9.97. The summed E-state index contributed by atoms with van der Waals surface area (Å²) in [5.74, 6) is 1.01. The number of nitrogens with zero attached hydrogens (tertiary/aromatic N) is 3. The summed E-state index contributed by atoms with van der Waals surface area (Å²) in [6, 6.07) is 3.73. The van der Waals surface area contributed by atoms with E-state index in [1.165, 1.54) is 0 Å². The van der Waals surface area contributed by atoms with Crippen LogP contribution >= 0.6 is 11.6 Å². The smallest absolute Gasteiger partial charge is 0.152 e. The summed E-state index contributed by atoms with van der Waals surface area (Å²) in [7, 11) is 0. The van der Waals surface area contributed by atoms with E-state index >= 15 is 0 Å². The van der Waals surface area contributed by atoms with Crippen LogP contribution in [0.15, 0.2) is 22.9 Å². The molecule has 14 heavy (non-hydrogen) atoms. The molecule has 0 aromatic carbocycles. The van der Waals surface area contributed by atoms with E-state index in [1.807, 2.05) is 23.7 Å². The van der Waals surface area contributed by atoms with Gasteiger partial charge in [-0.15, -0.1) is 11.6 Å². The van der Waals surface area contributed by atoms with Gasteiger partial charge in [0.05, 0.1) is 11.6 Å². The maximum Gasteiger partial charge on any atom is 0.152 e. The Bertz CT molecular complexity index is 421. The molecule has 0 amide bonds. The highest BCUT2D eigenvalue weighted by atomic mass is 35.5. The van der Waals surface area contributed by atoms with Crippen LogP contribution in [-0.2, 0) is 12.4 Å². The monoisotopic (exact) mass is 211 g/mol. The molecule has 0 fully saturated rings. The molecule has 2 aromatic rings. The van der Waals surface area contributed by atoms with Crippen LogP contribution in [0.3, 0.4) is 0 Å². The zero-order valence-electron chi connectivity index (χ0n) is 7.77. The van der Waals surface area contributed by atoms with Gasteiger partial charge in [-0.05, 0) is 13.0 Å². The van der Waals surface area contributed by atoms with E-state index in [-0.39, 0.29) is 0 Å². The van der Waals surface area contributed by atoms with E-state index in [9.17, 15) is 0 Å². The number of hydrogen-bond donors (Lipinski definition) is 0. The maximum absolute atomic E-state index is 5.62. The van der Waals surface area contributed by atoms with Gasteiger partial charge in [-0.2, -0.15) is 5.10 Å². The van der Waals surface area contributed by atoms with Crippen molar-refractivity contribution in [3.05, 3.63) is 24.1 Å². The van der Waals surface area contributed by atoms with Gasteiger partial charge < -0.3 is 4.52 Å². The van der Waals surface area contributed by atoms with Crippen molar-refractivity contribution in [2.45, 2.75) is 19.3 Å². The molecule has 2 aromatic heterocycles. The molecular formula is C9H10ClN3O. The van der Waals surface area contributed by atoms with Gasteiger partial charge in [-0.25, -0.2) is 0 Å². The molecule has 0 radical (unpaired) electrons. The molecule has 0 unspecified atom stereocenters. The predicted molar refractivity (Wildman–Crippen MR) is 53.0 cm³/mol. The molecule has 0 aliphatic carbocycles. The van der Waals surface area contributed by atoms with Crippen molar-refractivity contribution < 1.29 is 4.52 Å². The highest BCUT2D eigenvalue weighted by Gasteiger charge is 2.09. The van der Waals surface area contributed by atoms with Gasteiger partial charge in [0, 0.05) is 18.8 Å². The van der Waals surface area contributed by atoms with Crippen LogP contribution in [0.4, 0.5) is 0 Å². The Morgan fingerprint density at radius 3 is 3.07 bits per heavy atom. The maximum atomic E-state index is 5.62. The summed E-state index contributed by atoms with van der Waals surface area (Å²) in [5, 5.41) is 8.07.